The van der Waals surface area contributed by atoms with Crippen LogP contribution in [0.5, 0.6) is 0 Å². The molecular weight excluding hydrogens is 810 g/mol. The number of rotatable bonds is 8. The van der Waals surface area contributed by atoms with Gasteiger partial charge in [-0.15, -0.1) is 0 Å². The Labute approximate surface area is 348 Å². The fraction of sp³-hybridized carbons (Fsp3) is 0.585. The van der Waals surface area contributed by atoms with Gasteiger partial charge in [0, 0.05) is 46.7 Å². The summed E-state index contributed by atoms with van der Waals surface area (Å²) in [5, 5.41) is 13.6. The summed E-state index contributed by atoms with van der Waals surface area (Å²) in [5.74, 6) is -12.0. The molecule has 2 aliphatic carbocycles. The van der Waals surface area contributed by atoms with Crippen LogP contribution < -0.4 is 0 Å². The summed E-state index contributed by atoms with van der Waals surface area (Å²) >= 11 is 0. The van der Waals surface area contributed by atoms with E-state index in [1.807, 2.05) is 0 Å². The van der Waals surface area contributed by atoms with Gasteiger partial charge in [-0.25, -0.2) is 9.59 Å². The number of cyclic esters (lactones) is 1. The molecule has 330 valence electrons. The van der Waals surface area contributed by atoms with E-state index in [0.29, 0.717) is 0 Å². The average Bonchev–Trinajstić information content (AvgIpc) is 3.79. The van der Waals surface area contributed by atoms with Crippen LogP contribution in [0.25, 0.3) is 0 Å². The van der Waals surface area contributed by atoms with Crippen LogP contribution in [0.1, 0.15) is 94.6 Å². The highest BCUT2D eigenvalue weighted by atomic mass is 16.7. The van der Waals surface area contributed by atoms with Crippen LogP contribution in [0.4, 0.5) is 0 Å². The lowest BCUT2D eigenvalue weighted by Crippen LogP contribution is -2.89. The Morgan fingerprint density at radius 1 is 0.803 bits per heavy atom. The van der Waals surface area contributed by atoms with Gasteiger partial charge < -0.3 is 52.2 Å². The molecule has 1 spiro atoms. The highest BCUT2D eigenvalue weighted by Gasteiger charge is 2.92. The first-order valence-corrected chi connectivity index (χ1v) is 19.3. The predicted molar refractivity (Wildman–Crippen MR) is 198 cm³/mol. The van der Waals surface area contributed by atoms with E-state index in [4.69, 9.17) is 47.0 Å². The van der Waals surface area contributed by atoms with Crippen molar-refractivity contribution in [2.24, 2.45) is 17.3 Å². The van der Waals surface area contributed by atoms with Crippen LogP contribution >= 0.6 is 0 Å². The first-order chi connectivity index (χ1) is 28.5. The molecule has 4 aliphatic rings. The number of pyridine rings is 1. The molecule has 0 aromatic carbocycles. The van der Waals surface area contributed by atoms with Crippen molar-refractivity contribution in [3.05, 3.63) is 53.7 Å². The van der Waals surface area contributed by atoms with E-state index in [1.165, 1.54) is 38.2 Å². The molecule has 2 aliphatic heterocycles. The van der Waals surface area contributed by atoms with E-state index >= 15 is 0 Å². The van der Waals surface area contributed by atoms with Crippen molar-refractivity contribution in [1.82, 2.24) is 4.98 Å². The summed E-state index contributed by atoms with van der Waals surface area (Å²) in [6, 6.07) is 4.13. The van der Waals surface area contributed by atoms with Crippen molar-refractivity contribution in [3.63, 3.8) is 0 Å². The molecule has 1 unspecified atom stereocenters. The van der Waals surface area contributed by atoms with Crippen molar-refractivity contribution >= 4 is 47.8 Å². The fourth-order valence-electron chi connectivity index (χ4n) is 9.68. The Hall–Kier alpha value is -5.89. The highest BCUT2D eigenvalue weighted by molar-refractivity contribution is 5.91. The highest BCUT2D eigenvalue weighted by Crippen LogP contribution is 2.70. The lowest BCUT2D eigenvalue weighted by molar-refractivity contribution is -0.386. The number of fused-ring (bicyclic) bond motifs is 5. The standard InChI is InChI=1S/C41H47NO19/c1-18-19(2)35(48)60-32-30(56-21(4)44)34(59-24(7)47)40(17-54-36(49)25-12-14-52-15-25)33(58-23(6)46)29(55-20(3)43)27-31(57-22(5)45)41(40,39(32,9)51)61-38(27,8)16-53-37(50)26-11-10-13-42-28(18)26/h10-15,18-19,27,29-34,51H,16-17H2,1-9H3/t18-,19-,27+,29+,30-,31+,32-,33+,34-,38-,39?,40+,41-/m0/s1. The number of furan rings is 1. The zero-order chi connectivity index (χ0) is 45.0. The molecule has 4 bridgehead atoms. The second-order valence-electron chi connectivity index (χ2n) is 16.1. The van der Waals surface area contributed by atoms with Gasteiger partial charge in [0.15, 0.2) is 30.0 Å². The minimum absolute atomic E-state index is 0.0549. The third-order valence-electron chi connectivity index (χ3n) is 12.1. The number of hydrogen-bond acceptors (Lipinski definition) is 20. The number of carbonyl (C=O) groups is 8. The van der Waals surface area contributed by atoms with Crippen molar-refractivity contribution < 1.29 is 90.5 Å². The largest absolute Gasteiger partial charge is 0.472 e. The Bertz CT molecular complexity index is 2120. The number of esters is 8. The SMILES string of the molecule is CC(=O)O[C@@H]1[C@@H]2[C@@H](OC(C)=O)[C@@]34O[C@@]2(C)COC(=O)c2cccnc2[C@@H](C)[C@H](C)C(=O)O[C@@H]([C@H](OC(C)=O)[C@H](OC(C)=O)[C@@]3(COC(=O)c2ccoc2)[C@@H]1OC(C)=O)C4(C)O. The second-order valence-corrected chi connectivity index (χ2v) is 16.1. The molecule has 61 heavy (non-hydrogen) atoms. The van der Waals surface area contributed by atoms with E-state index in [2.05, 4.69) is 4.98 Å². The normalized spacial score (nSPS) is 36.5. The molecule has 4 heterocycles. The Morgan fingerprint density at radius 2 is 1.38 bits per heavy atom. The van der Waals surface area contributed by atoms with Gasteiger partial charge in [0.25, 0.3) is 0 Å². The molecule has 1 saturated heterocycles. The molecule has 2 saturated carbocycles. The maximum atomic E-state index is 14.5. The van der Waals surface area contributed by atoms with E-state index in [1.54, 1.807) is 6.92 Å². The number of carbonyl (C=O) groups excluding carboxylic acids is 8. The monoisotopic (exact) mass is 857 g/mol. The quantitative estimate of drug-likeness (QED) is 0.293. The van der Waals surface area contributed by atoms with Crippen LogP contribution in [0.15, 0.2) is 41.3 Å². The van der Waals surface area contributed by atoms with Crippen LogP contribution in [-0.4, -0.2) is 124 Å². The van der Waals surface area contributed by atoms with Crippen LogP contribution in [0.2, 0.25) is 0 Å². The van der Waals surface area contributed by atoms with Gasteiger partial charge in [0.2, 0.25) is 0 Å². The van der Waals surface area contributed by atoms with Gasteiger partial charge in [-0.2, -0.15) is 0 Å². The number of nitrogens with zero attached hydrogens (tertiary/aromatic N) is 1. The third kappa shape index (κ3) is 7.28. The minimum Gasteiger partial charge on any atom is -0.472 e. The predicted octanol–water partition coefficient (Wildman–Crippen LogP) is 1.92. The van der Waals surface area contributed by atoms with E-state index in [-0.39, 0.29) is 16.8 Å². The molecule has 1 N–H and O–H groups in total. The second kappa shape index (κ2) is 16.2. The summed E-state index contributed by atoms with van der Waals surface area (Å²) in [4.78, 5) is 113. The molecule has 13 atom stereocenters. The van der Waals surface area contributed by atoms with E-state index < -0.39 is 138 Å². The van der Waals surface area contributed by atoms with Gasteiger partial charge in [0.1, 0.15) is 48.3 Å². The number of aliphatic hydroxyl groups is 1. The summed E-state index contributed by atoms with van der Waals surface area (Å²) < 4.78 is 60.1. The summed E-state index contributed by atoms with van der Waals surface area (Å²) in [6.07, 6.45) is -8.65. The lowest BCUT2D eigenvalue weighted by Gasteiger charge is -2.67. The van der Waals surface area contributed by atoms with Crippen LogP contribution in [0.3, 0.4) is 0 Å². The van der Waals surface area contributed by atoms with Gasteiger partial charge in [0.05, 0.1) is 34.9 Å². The first kappa shape index (κ1) is 44.7. The minimum atomic E-state index is -2.87. The van der Waals surface area contributed by atoms with Gasteiger partial charge in [-0.3, -0.25) is 33.8 Å². The van der Waals surface area contributed by atoms with Crippen molar-refractivity contribution in [3.8, 4) is 0 Å². The Balaban J connectivity index is 1.79. The number of aromatic nitrogens is 1. The summed E-state index contributed by atoms with van der Waals surface area (Å²) in [7, 11) is 0. The molecule has 3 fully saturated rings. The van der Waals surface area contributed by atoms with Gasteiger partial charge in [-0.1, -0.05) is 13.8 Å². The number of ether oxygens (including phenoxy) is 9. The van der Waals surface area contributed by atoms with Crippen LogP contribution in [0, 0.1) is 17.3 Å². The first-order valence-electron chi connectivity index (χ1n) is 19.3. The van der Waals surface area contributed by atoms with Crippen LogP contribution in [-0.2, 0) is 71.4 Å². The molecule has 6 rings (SSSR count). The smallest absolute Gasteiger partial charge is 0.341 e. The molecule has 0 radical (unpaired) electrons. The van der Waals surface area contributed by atoms with E-state index in [0.717, 1.165) is 54.1 Å². The molecule has 20 heteroatoms. The maximum absolute atomic E-state index is 14.5. The molecule has 0 amide bonds. The zero-order valence-electron chi connectivity index (χ0n) is 34.8. The third-order valence-corrected chi connectivity index (χ3v) is 12.1. The Morgan fingerprint density at radius 3 is 1.95 bits per heavy atom. The van der Waals surface area contributed by atoms with E-state index in [9.17, 15) is 43.5 Å². The molecule has 2 aromatic rings. The van der Waals surface area contributed by atoms with Crippen molar-refractivity contribution in [2.75, 3.05) is 13.2 Å². The fourth-order valence-corrected chi connectivity index (χ4v) is 9.68. The molecular formula is C41H47NO19. The average molecular weight is 858 g/mol. The zero-order valence-corrected chi connectivity index (χ0v) is 34.8. The van der Waals surface area contributed by atoms with Crippen molar-refractivity contribution in [2.45, 2.75) is 122 Å². The summed E-state index contributed by atoms with van der Waals surface area (Å²) in [6.45, 7) is 8.48. The topological polar surface area (TPSA) is 266 Å². The summed E-state index contributed by atoms with van der Waals surface area (Å²) in [5.41, 5.74) is -10.5. The van der Waals surface area contributed by atoms with Gasteiger partial charge >= 0.3 is 47.8 Å². The lowest BCUT2D eigenvalue weighted by atomic mass is 9.45. The molecule has 20 nitrogen and oxygen atoms in total. The van der Waals surface area contributed by atoms with Gasteiger partial charge in [-0.05, 0) is 32.0 Å². The maximum Gasteiger partial charge on any atom is 0.341 e. The number of hydrogen-bond donors (Lipinski definition) is 1. The molecule has 2 aromatic heterocycles. The Kier molecular flexibility index (Phi) is 11.8. The van der Waals surface area contributed by atoms with Crippen molar-refractivity contribution in [1.29, 1.82) is 0 Å².